The number of hydrogen-bond donors (Lipinski definition) is 1. The van der Waals surface area contributed by atoms with Crippen molar-refractivity contribution >= 4 is 16.7 Å². The number of methoxy groups -OCH3 is 1. The first kappa shape index (κ1) is 13.5. The van der Waals surface area contributed by atoms with E-state index in [2.05, 4.69) is 30.4 Å². The lowest BCUT2D eigenvalue weighted by atomic mass is 10.1. The van der Waals surface area contributed by atoms with Crippen LogP contribution < -0.4 is 5.32 Å². The van der Waals surface area contributed by atoms with Crippen molar-refractivity contribution in [3.8, 4) is 0 Å². The number of nitrogens with zero attached hydrogens (tertiary/aromatic N) is 4. The summed E-state index contributed by atoms with van der Waals surface area (Å²) in [6.45, 7) is 3.65. The fourth-order valence-corrected chi connectivity index (χ4v) is 3.18. The van der Waals surface area contributed by atoms with Crippen molar-refractivity contribution in [2.75, 3.05) is 19.0 Å². The molecule has 0 saturated carbocycles. The molecule has 0 saturated heterocycles. The van der Waals surface area contributed by atoms with Gasteiger partial charge in [-0.1, -0.05) is 0 Å². The minimum Gasteiger partial charge on any atom is -0.384 e. The zero-order valence-corrected chi connectivity index (χ0v) is 12.6. The van der Waals surface area contributed by atoms with Crippen molar-refractivity contribution < 1.29 is 4.74 Å². The maximum absolute atomic E-state index is 5.04. The molecule has 0 spiro atoms. The Hall–Kier alpha value is -1.47. The maximum atomic E-state index is 5.04. The van der Waals surface area contributed by atoms with Gasteiger partial charge in [0, 0.05) is 50.3 Å². The molecule has 0 unspecified atom stereocenters. The van der Waals surface area contributed by atoms with Gasteiger partial charge < -0.3 is 14.6 Å². The van der Waals surface area contributed by atoms with Gasteiger partial charge in [0.15, 0.2) is 0 Å². The van der Waals surface area contributed by atoms with E-state index < -0.39 is 0 Å². The Kier molecular flexibility index (Phi) is 3.98. The molecule has 3 rings (SSSR count). The summed E-state index contributed by atoms with van der Waals surface area (Å²) in [5.41, 5.74) is 1.10. The largest absolute Gasteiger partial charge is 0.384 e. The molecule has 1 aliphatic heterocycles. The molecule has 0 aliphatic carbocycles. The molecule has 1 atom stereocenters. The van der Waals surface area contributed by atoms with Crippen LogP contribution in [-0.4, -0.2) is 38.7 Å². The van der Waals surface area contributed by atoms with Crippen LogP contribution in [0.15, 0.2) is 6.20 Å². The number of anilines is 1. The molecule has 0 bridgehead atoms. The first-order chi connectivity index (χ1) is 9.74. The van der Waals surface area contributed by atoms with Crippen LogP contribution in [-0.2, 0) is 24.1 Å². The SMILES string of the molecule is COCCc1nsc(N[C@H]2CCc3nc(C)cn3C2)n1. The van der Waals surface area contributed by atoms with Crippen LogP contribution in [0.1, 0.15) is 23.8 Å². The van der Waals surface area contributed by atoms with Crippen molar-refractivity contribution in [2.24, 2.45) is 0 Å². The summed E-state index contributed by atoms with van der Waals surface area (Å²) in [4.78, 5) is 9.02. The lowest BCUT2D eigenvalue weighted by molar-refractivity contribution is 0.201. The maximum Gasteiger partial charge on any atom is 0.202 e. The highest BCUT2D eigenvalue weighted by Gasteiger charge is 2.20. The van der Waals surface area contributed by atoms with E-state index in [4.69, 9.17) is 4.74 Å². The third-order valence-electron chi connectivity index (χ3n) is 3.44. The molecule has 0 amide bonds. The molecule has 1 N–H and O–H groups in total. The number of aromatic nitrogens is 4. The third kappa shape index (κ3) is 2.99. The number of imidazole rings is 1. The smallest absolute Gasteiger partial charge is 0.202 e. The number of hydrogen-bond acceptors (Lipinski definition) is 6. The summed E-state index contributed by atoms with van der Waals surface area (Å²) >= 11 is 1.43. The van der Waals surface area contributed by atoms with E-state index in [0.717, 1.165) is 42.5 Å². The Morgan fingerprint density at radius 3 is 3.25 bits per heavy atom. The number of fused-ring (bicyclic) bond motifs is 1. The minimum absolute atomic E-state index is 0.402. The van der Waals surface area contributed by atoms with E-state index in [1.54, 1.807) is 7.11 Å². The Morgan fingerprint density at radius 2 is 2.40 bits per heavy atom. The van der Waals surface area contributed by atoms with Gasteiger partial charge in [-0.25, -0.2) is 9.97 Å². The quantitative estimate of drug-likeness (QED) is 0.908. The molecule has 7 heteroatoms. The van der Waals surface area contributed by atoms with Gasteiger partial charge in [0.2, 0.25) is 5.13 Å². The molecular weight excluding hydrogens is 274 g/mol. The normalized spacial score (nSPS) is 18.0. The fraction of sp³-hybridized carbons (Fsp3) is 0.615. The predicted octanol–water partition coefficient (Wildman–Crippen LogP) is 1.66. The second-order valence-corrected chi connectivity index (χ2v) is 5.84. The Labute approximate surface area is 122 Å². The summed E-state index contributed by atoms with van der Waals surface area (Å²) < 4.78 is 11.6. The molecule has 20 heavy (non-hydrogen) atoms. The lowest BCUT2D eigenvalue weighted by Gasteiger charge is -2.24. The van der Waals surface area contributed by atoms with Gasteiger partial charge in [-0.3, -0.25) is 0 Å². The van der Waals surface area contributed by atoms with E-state index in [9.17, 15) is 0 Å². The second kappa shape index (κ2) is 5.88. The van der Waals surface area contributed by atoms with E-state index >= 15 is 0 Å². The summed E-state index contributed by atoms with van der Waals surface area (Å²) in [5.74, 6) is 2.05. The van der Waals surface area contributed by atoms with Crippen LogP contribution in [0.2, 0.25) is 0 Å². The van der Waals surface area contributed by atoms with Crippen LogP contribution in [0.3, 0.4) is 0 Å². The molecule has 6 nitrogen and oxygen atoms in total. The van der Waals surface area contributed by atoms with Gasteiger partial charge in [0.25, 0.3) is 0 Å². The highest BCUT2D eigenvalue weighted by molar-refractivity contribution is 7.09. The zero-order chi connectivity index (χ0) is 13.9. The van der Waals surface area contributed by atoms with Crippen LogP contribution in [0, 0.1) is 6.92 Å². The summed E-state index contributed by atoms with van der Waals surface area (Å²) in [7, 11) is 1.69. The topological polar surface area (TPSA) is 64.9 Å². The molecule has 0 radical (unpaired) electrons. The first-order valence-electron chi connectivity index (χ1n) is 6.85. The van der Waals surface area contributed by atoms with Crippen LogP contribution >= 0.6 is 11.5 Å². The lowest BCUT2D eigenvalue weighted by Crippen LogP contribution is -2.31. The van der Waals surface area contributed by atoms with Crippen molar-refractivity contribution in [1.82, 2.24) is 18.9 Å². The minimum atomic E-state index is 0.402. The van der Waals surface area contributed by atoms with Gasteiger partial charge in [-0.05, 0) is 13.3 Å². The molecule has 2 aromatic heterocycles. The first-order valence-corrected chi connectivity index (χ1v) is 7.62. The Morgan fingerprint density at radius 1 is 1.50 bits per heavy atom. The van der Waals surface area contributed by atoms with E-state index in [-0.39, 0.29) is 0 Å². The number of nitrogens with one attached hydrogen (secondary N) is 1. The molecule has 2 aromatic rings. The van der Waals surface area contributed by atoms with Crippen molar-refractivity contribution in [2.45, 2.75) is 38.8 Å². The van der Waals surface area contributed by atoms with Gasteiger partial charge in [-0.15, -0.1) is 0 Å². The van der Waals surface area contributed by atoms with Crippen molar-refractivity contribution in [3.05, 3.63) is 23.5 Å². The standard InChI is InChI=1S/C13H19N5OS/c1-9-7-18-8-10(3-4-12(18)14-9)15-13-16-11(17-20-13)5-6-19-2/h7,10H,3-6,8H2,1-2H3,(H,15,16,17)/t10-/m0/s1. The van der Waals surface area contributed by atoms with Gasteiger partial charge >= 0.3 is 0 Å². The average molecular weight is 293 g/mol. The number of rotatable bonds is 5. The molecule has 1 aliphatic rings. The van der Waals surface area contributed by atoms with E-state index in [1.807, 2.05) is 6.92 Å². The average Bonchev–Trinajstić information content (AvgIpc) is 3.01. The Bertz CT molecular complexity index is 579. The van der Waals surface area contributed by atoms with E-state index in [1.165, 1.54) is 17.4 Å². The highest BCUT2D eigenvalue weighted by atomic mass is 32.1. The third-order valence-corrected chi connectivity index (χ3v) is 4.12. The molecule has 108 valence electrons. The van der Waals surface area contributed by atoms with E-state index in [0.29, 0.717) is 12.6 Å². The van der Waals surface area contributed by atoms with Gasteiger partial charge in [-0.2, -0.15) is 4.37 Å². The number of ether oxygens (including phenoxy) is 1. The van der Waals surface area contributed by atoms with Crippen LogP contribution in [0.25, 0.3) is 0 Å². The predicted molar refractivity (Wildman–Crippen MR) is 78.2 cm³/mol. The monoisotopic (exact) mass is 293 g/mol. The molecule has 0 fully saturated rings. The molecule has 3 heterocycles. The van der Waals surface area contributed by atoms with Crippen LogP contribution in [0.4, 0.5) is 5.13 Å². The zero-order valence-electron chi connectivity index (χ0n) is 11.8. The summed E-state index contributed by atoms with van der Waals surface area (Å²) in [6, 6.07) is 0.402. The van der Waals surface area contributed by atoms with Gasteiger partial charge in [0.05, 0.1) is 12.3 Å². The highest BCUT2D eigenvalue weighted by Crippen LogP contribution is 2.20. The summed E-state index contributed by atoms with van der Waals surface area (Å²) in [6.07, 6.45) is 4.99. The fourth-order valence-electron chi connectivity index (χ4n) is 2.49. The van der Waals surface area contributed by atoms with Crippen LogP contribution in [0.5, 0.6) is 0 Å². The second-order valence-electron chi connectivity index (χ2n) is 5.09. The van der Waals surface area contributed by atoms with Crippen molar-refractivity contribution in [3.63, 3.8) is 0 Å². The molecular formula is C13H19N5OS. The van der Waals surface area contributed by atoms with Crippen molar-refractivity contribution in [1.29, 1.82) is 0 Å². The van der Waals surface area contributed by atoms with Gasteiger partial charge in [0.1, 0.15) is 11.6 Å². The summed E-state index contributed by atoms with van der Waals surface area (Å²) in [5, 5.41) is 4.39. The Balaban J connectivity index is 1.60. The number of aryl methyl sites for hydroxylation is 2. The molecule has 0 aromatic carbocycles.